The van der Waals surface area contributed by atoms with Crippen molar-refractivity contribution in [3.05, 3.63) is 0 Å². The van der Waals surface area contributed by atoms with Crippen molar-refractivity contribution in [2.45, 2.75) is 45.6 Å². The lowest BCUT2D eigenvalue weighted by Crippen LogP contribution is -2.43. The first-order valence-electron chi connectivity index (χ1n) is 6.56. The average molecular weight is 239 g/mol. The van der Waals surface area contributed by atoms with Crippen LogP contribution < -0.4 is 0 Å². The fourth-order valence-corrected chi connectivity index (χ4v) is 2.57. The van der Waals surface area contributed by atoms with Crippen LogP contribution in [0.3, 0.4) is 0 Å². The van der Waals surface area contributed by atoms with Crippen LogP contribution in [0, 0.1) is 17.8 Å². The normalized spacial score (nSPS) is 28.6. The molecule has 2 fully saturated rings. The van der Waals surface area contributed by atoms with Crippen LogP contribution in [-0.2, 0) is 9.59 Å². The summed E-state index contributed by atoms with van der Waals surface area (Å²) in [4.78, 5) is 24.6. The highest BCUT2D eigenvalue weighted by atomic mass is 16.4. The van der Waals surface area contributed by atoms with Gasteiger partial charge in [0, 0.05) is 12.0 Å². The molecule has 4 heteroatoms. The third-order valence-corrected chi connectivity index (χ3v) is 4.10. The summed E-state index contributed by atoms with van der Waals surface area (Å²) in [5.74, 6) is 0.590. The van der Waals surface area contributed by atoms with Gasteiger partial charge in [-0.1, -0.05) is 6.92 Å². The molecule has 17 heavy (non-hydrogen) atoms. The Kier molecular flexibility index (Phi) is 3.40. The minimum absolute atomic E-state index is 0.0269. The number of aliphatic carboxylic acids is 1. The molecule has 3 atom stereocenters. The van der Waals surface area contributed by atoms with Crippen LogP contribution in [-0.4, -0.2) is 34.5 Å². The smallest absolute Gasteiger partial charge is 0.323 e. The maximum absolute atomic E-state index is 12.2. The van der Waals surface area contributed by atoms with Crippen molar-refractivity contribution < 1.29 is 14.7 Å². The summed E-state index contributed by atoms with van der Waals surface area (Å²) in [6, 6.07) is 0.0269. The summed E-state index contributed by atoms with van der Waals surface area (Å²) >= 11 is 0. The van der Waals surface area contributed by atoms with Gasteiger partial charge < -0.3 is 10.0 Å². The molecule has 0 saturated heterocycles. The molecule has 0 radical (unpaired) electrons. The van der Waals surface area contributed by atoms with Crippen LogP contribution in [0.4, 0.5) is 0 Å². The van der Waals surface area contributed by atoms with E-state index in [1.807, 2.05) is 13.8 Å². The molecule has 4 nitrogen and oxygen atoms in total. The molecule has 96 valence electrons. The first-order valence-corrected chi connectivity index (χ1v) is 6.56. The predicted octanol–water partition coefficient (Wildman–Crippen LogP) is 1.74. The first kappa shape index (κ1) is 12.4. The molecule has 2 aliphatic carbocycles. The minimum Gasteiger partial charge on any atom is -0.480 e. The Balaban J connectivity index is 1.94. The van der Waals surface area contributed by atoms with E-state index in [0.717, 1.165) is 18.8 Å². The number of carbonyl (C=O) groups is 2. The number of carbonyl (C=O) groups excluding carboxylic acids is 1. The zero-order chi connectivity index (χ0) is 12.6. The molecule has 0 heterocycles. The fraction of sp³-hybridized carbons (Fsp3) is 0.846. The lowest BCUT2D eigenvalue weighted by molar-refractivity contribution is -0.146. The minimum atomic E-state index is -0.915. The summed E-state index contributed by atoms with van der Waals surface area (Å²) in [7, 11) is 0. The van der Waals surface area contributed by atoms with Gasteiger partial charge in [0.2, 0.25) is 5.91 Å². The second kappa shape index (κ2) is 4.67. The van der Waals surface area contributed by atoms with Gasteiger partial charge >= 0.3 is 5.97 Å². The average Bonchev–Trinajstić information content (AvgIpc) is 3.14. The molecule has 1 N–H and O–H groups in total. The van der Waals surface area contributed by atoms with Crippen LogP contribution in [0.15, 0.2) is 0 Å². The van der Waals surface area contributed by atoms with E-state index in [-0.39, 0.29) is 24.4 Å². The lowest BCUT2D eigenvalue weighted by Gasteiger charge is -2.27. The van der Waals surface area contributed by atoms with Crippen molar-refractivity contribution in [2.24, 2.45) is 17.8 Å². The van der Waals surface area contributed by atoms with Gasteiger partial charge in [0.05, 0.1) is 0 Å². The highest BCUT2D eigenvalue weighted by Gasteiger charge is 2.52. The molecular formula is C13H21NO3. The van der Waals surface area contributed by atoms with E-state index in [9.17, 15) is 9.59 Å². The van der Waals surface area contributed by atoms with Crippen LogP contribution in [0.5, 0.6) is 0 Å². The van der Waals surface area contributed by atoms with Crippen molar-refractivity contribution in [2.75, 3.05) is 6.54 Å². The Morgan fingerprint density at radius 2 is 2.06 bits per heavy atom. The Labute approximate surface area is 102 Å². The standard InChI is InChI=1S/C13H21NO3/c1-3-8(2)14(7-12(15)16)13(17)11-6-10(11)9-4-5-9/h8-11H,3-7H2,1-2H3,(H,15,16)/t8-,10+,11+/m0/s1. The van der Waals surface area contributed by atoms with Gasteiger partial charge in [0.15, 0.2) is 0 Å². The van der Waals surface area contributed by atoms with Gasteiger partial charge in [-0.15, -0.1) is 0 Å². The Morgan fingerprint density at radius 3 is 2.53 bits per heavy atom. The van der Waals surface area contributed by atoms with Gasteiger partial charge in [-0.2, -0.15) is 0 Å². The number of rotatable bonds is 6. The summed E-state index contributed by atoms with van der Waals surface area (Å²) in [5.41, 5.74) is 0. The fourth-order valence-electron chi connectivity index (χ4n) is 2.57. The number of hydrogen-bond acceptors (Lipinski definition) is 2. The lowest BCUT2D eigenvalue weighted by atomic mass is 10.1. The van der Waals surface area contributed by atoms with Gasteiger partial charge in [-0.05, 0) is 44.4 Å². The number of hydrogen-bond donors (Lipinski definition) is 1. The SMILES string of the molecule is CC[C@H](C)N(CC(=O)O)C(=O)[C@@H]1C[C@@H]1C1CC1. The Hall–Kier alpha value is -1.06. The quantitative estimate of drug-likeness (QED) is 0.768. The topological polar surface area (TPSA) is 57.6 Å². The van der Waals surface area contributed by atoms with Crippen molar-refractivity contribution in [3.8, 4) is 0 Å². The molecule has 0 spiro atoms. The summed E-state index contributed by atoms with van der Waals surface area (Å²) in [6.07, 6.45) is 4.31. The molecule has 2 saturated carbocycles. The van der Waals surface area contributed by atoms with E-state index in [1.165, 1.54) is 12.8 Å². The number of nitrogens with zero attached hydrogens (tertiary/aromatic N) is 1. The second-order valence-electron chi connectivity index (χ2n) is 5.46. The van der Waals surface area contributed by atoms with E-state index in [0.29, 0.717) is 5.92 Å². The first-order chi connectivity index (χ1) is 8.04. The van der Waals surface area contributed by atoms with E-state index >= 15 is 0 Å². The Bertz CT molecular complexity index is 325. The van der Waals surface area contributed by atoms with Crippen molar-refractivity contribution >= 4 is 11.9 Å². The van der Waals surface area contributed by atoms with Gasteiger partial charge in [0.25, 0.3) is 0 Å². The van der Waals surface area contributed by atoms with Crippen LogP contribution in [0.2, 0.25) is 0 Å². The second-order valence-corrected chi connectivity index (χ2v) is 5.46. The number of carboxylic acid groups (broad SMARTS) is 1. The summed E-state index contributed by atoms with van der Waals surface area (Å²) in [6.45, 7) is 3.76. The molecule has 0 aromatic carbocycles. The highest BCUT2D eigenvalue weighted by molar-refractivity contribution is 5.85. The van der Waals surface area contributed by atoms with Crippen LogP contribution in [0.25, 0.3) is 0 Å². The van der Waals surface area contributed by atoms with Gasteiger partial charge in [-0.25, -0.2) is 0 Å². The van der Waals surface area contributed by atoms with Gasteiger partial charge in [0.1, 0.15) is 6.54 Å². The molecule has 2 rings (SSSR count). The van der Waals surface area contributed by atoms with Gasteiger partial charge in [-0.3, -0.25) is 9.59 Å². The Morgan fingerprint density at radius 1 is 1.41 bits per heavy atom. The largest absolute Gasteiger partial charge is 0.480 e. The zero-order valence-electron chi connectivity index (χ0n) is 10.6. The van der Waals surface area contributed by atoms with Crippen molar-refractivity contribution in [1.29, 1.82) is 0 Å². The van der Waals surface area contributed by atoms with E-state index in [4.69, 9.17) is 5.11 Å². The molecule has 0 bridgehead atoms. The van der Waals surface area contributed by atoms with Crippen LogP contribution >= 0.6 is 0 Å². The highest BCUT2D eigenvalue weighted by Crippen LogP contribution is 2.55. The third kappa shape index (κ3) is 2.79. The molecule has 0 unspecified atom stereocenters. The maximum atomic E-state index is 12.2. The molecule has 0 aliphatic heterocycles. The monoisotopic (exact) mass is 239 g/mol. The predicted molar refractivity (Wildman–Crippen MR) is 63.4 cm³/mol. The summed E-state index contributed by atoms with van der Waals surface area (Å²) in [5, 5.41) is 8.87. The van der Waals surface area contributed by atoms with E-state index in [2.05, 4.69) is 0 Å². The van der Waals surface area contributed by atoms with Crippen molar-refractivity contribution in [1.82, 2.24) is 4.90 Å². The van der Waals surface area contributed by atoms with Crippen molar-refractivity contribution in [3.63, 3.8) is 0 Å². The molecule has 2 aliphatic rings. The number of amides is 1. The molecule has 0 aromatic rings. The molecule has 1 amide bonds. The summed E-state index contributed by atoms with van der Waals surface area (Å²) < 4.78 is 0. The van der Waals surface area contributed by atoms with Crippen LogP contribution in [0.1, 0.15) is 39.5 Å². The third-order valence-electron chi connectivity index (χ3n) is 4.10. The molecule has 0 aromatic heterocycles. The molecular weight excluding hydrogens is 218 g/mol. The maximum Gasteiger partial charge on any atom is 0.323 e. The van der Waals surface area contributed by atoms with E-state index < -0.39 is 5.97 Å². The van der Waals surface area contributed by atoms with E-state index in [1.54, 1.807) is 4.90 Å². The zero-order valence-corrected chi connectivity index (χ0v) is 10.6. The number of carboxylic acids is 1.